The predicted molar refractivity (Wildman–Crippen MR) is 91.6 cm³/mol. The van der Waals surface area contributed by atoms with E-state index < -0.39 is 5.82 Å². The highest BCUT2D eigenvalue weighted by molar-refractivity contribution is 5.94. The van der Waals surface area contributed by atoms with Gasteiger partial charge in [-0.05, 0) is 49.1 Å². The van der Waals surface area contributed by atoms with E-state index >= 15 is 0 Å². The van der Waals surface area contributed by atoms with E-state index in [2.05, 4.69) is 10.3 Å². The molecule has 0 saturated carbocycles. The molecule has 0 unspecified atom stereocenters. The van der Waals surface area contributed by atoms with Crippen molar-refractivity contribution in [3.63, 3.8) is 0 Å². The van der Waals surface area contributed by atoms with E-state index in [4.69, 9.17) is 0 Å². The number of rotatable bonds is 4. The van der Waals surface area contributed by atoms with Gasteiger partial charge in [-0.3, -0.25) is 14.6 Å². The first kappa shape index (κ1) is 17.1. The number of hydrogen-bond donors (Lipinski definition) is 1. The Morgan fingerprint density at radius 2 is 1.92 bits per heavy atom. The van der Waals surface area contributed by atoms with Gasteiger partial charge in [-0.15, -0.1) is 0 Å². The maximum absolute atomic E-state index is 13.2. The van der Waals surface area contributed by atoms with Crippen LogP contribution in [0.4, 0.5) is 4.39 Å². The van der Waals surface area contributed by atoms with E-state index in [0.29, 0.717) is 36.7 Å². The minimum absolute atomic E-state index is 0.00431. The zero-order chi connectivity index (χ0) is 17.6. The highest BCUT2D eigenvalue weighted by atomic mass is 19.1. The third-order valence-corrected chi connectivity index (χ3v) is 4.45. The summed E-state index contributed by atoms with van der Waals surface area (Å²) in [7, 11) is 0. The van der Waals surface area contributed by atoms with Crippen LogP contribution < -0.4 is 5.32 Å². The number of aromatic nitrogens is 1. The molecule has 0 aliphatic carbocycles. The van der Waals surface area contributed by atoms with Crippen molar-refractivity contribution < 1.29 is 14.0 Å². The normalized spacial score (nSPS) is 15.0. The number of carbonyl (C=O) groups is 2. The number of halogens is 1. The first-order chi connectivity index (χ1) is 12.1. The van der Waals surface area contributed by atoms with Gasteiger partial charge >= 0.3 is 0 Å². The zero-order valence-electron chi connectivity index (χ0n) is 13.8. The number of likely N-dealkylation sites (tertiary alicyclic amines) is 1. The molecule has 0 spiro atoms. The molecule has 130 valence electrons. The Kier molecular flexibility index (Phi) is 5.38. The molecule has 1 saturated heterocycles. The smallest absolute Gasteiger partial charge is 0.255 e. The molecule has 3 rings (SSSR count). The van der Waals surface area contributed by atoms with E-state index in [1.165, 1.54) is 18.2 Å². The van der Waals surface area contributed by atoms with Gasteiger partial charge < -0.3 is 10.2 Å². The number of benzene rings is 1. The third kappa shape index (κ3) is 4.41. The molecule has 25 heavy (non-hydrogen) atoms. The molecule has 5 nitrogen and oxygen atoms in total. The van der Waals surface area contributed by atoms with Crippen LogP contribution >= 0.6 is 0 Å². The summed E-state index contributed by atoms with van der Waals surface area (Å²) in [5.74, 6) is -0.381. The summed E-state index contributed by atoms with van der Waals surface area (Å²) in [6.45, 7) is 1.85. The maximum atomic E-state index is 13.2. The molecule has 0 atom stereocenters. The summed E-state index contributed by atoms with van der Waals surface area (Å²) in [5.41, 5.74) is 0.921. The second kappa shape index (κ2) is 7.88. The largest absolute Gasteiger partial charge is 0.352 e. The van der Waals surface area contributed by atoms with Crippen LogP contribution in [-0.2, 0) is 0 Å². The van der Waals surface area contributed by atoms with Crippen LogP contribution in [0.1, 0.15) is 33.6 Å². The number of carbonyl (C=O) groups excluding carboxylic acids is 2. The van der Waals surface area contributed by atoms with Gasteiger partial charge in [0.15, 0.2) is 0 Å². The molecule has 0 radical (unpaired) electrons. The highest BCUT2D eigenvalue weighted by Gasteiger charge is 2.24. The number of pyridine rings is 1. The third-order valence-electron chi connectivity index (χ3n) is 4.45. The predicted octanol–water partition coefficient (Wildman–Crippen LogP) is 2.50. The van der Waals surface area contributed by atoms with Crippen molar-refractivity contribution in [2.45, 2.75) is 12.8 Å². The molecule has 1 aromatic carbocycles. The van der Waals surface area contributed by atoms with Gasteiger partial charge in [0.05, 0.1) is 5.56 Å². The van der Waals surface area contributed by atoms with Crippen molar-refractivity contribution in [1.82, 2.24) is 15.2 Å². The monoisotopic (exact) mass is 341 g/mol. The van der Waals surface area contributed by atoms with E-state index in [9.17, 15) is 14.0 Å². The van der Waals surface area contributed by atoms with Gasteiger partial charge in [-0.1, -0.05) is 6.07 Å². The highest BCUT2D eigenvalue weighted by Crippen LogP contribution is 2.18. The molecule has 1 N–H and O–H groups in total. The van der Waals surface area contributed by atoms with Crippen LogP contribution in [0.25, 0.3) is 0 Å². The summed E-state index contributed by atoms with van der Waals surface area (Å²) in [6, 6.07) is 9.17. The van der Waals surface area contributed by atoms with Crippen molar-refractivity contribution in [3.8, 4) is 0 Å². The topological polar surface area (TPSA) is 62.3 Å². The minimum Gasteiger partial charge on any atom is -0.352 e. The lowest BCUT2D eigenvalue weighted by molar-refractivity contribution is 0.0684. The molecule has 1 aliphatic rings. The standard InChI is InChI=1S/C19H20FN3O2/c20-17-5-1-3-15(11-17)18(24)22-12-14-6-9-23(10-7-14)19(25)16-4-2-8-21-13-16/h1-5,8,11,13-14H,6-7,9-10,12H2,(H,22,24). The van der Waals surface area contributed by atoms with Crippen LogP contribution in [0.15, 0.2) is 48.8 Å². The van der Waals surface area contributed by atoms with Gasteiger partial charge in [0, 0.05) is 37.6 Å². The molecule has 1 fully saturated rings. The molecule has 2 heterocycles. The van der Waals surface area contributed by atoms with Gasteiger partial charge in [0.25, 0.3) is 11.8 Å². The van der Waals surface area contributed by atoms with Crippen LogP contribution in [0, 0.1) is 11.7 Å². The fraction of sp³-hybridized carbons (Fsp3) is 0.316. The summed E-state index contributed by atoms with van der Waals surface area (Å²) < 4.78 is 13.2. The van der Waals surface area contributed by atoms with E-state index in [0.717, 1.165) is 12.8 Å². The number of nitrogens with zero attached hydrogens (tertiary/aromatic N) is 2. The molecule has 1 aromatic heterocycles. The fourth-order valence-corrected chi connectivity index (χ4v) is 2.98. The molecular weight excluding hydrogens is 321 g/mol. The number of nitrogens with one attached hydrogen (secondary N) is 1. The first-order valence-corrected chi connectivity index (χ1v) is 8.36. The molecular formula is C19H20FN3O2. The molecule has 0 bridgehead atoms. The Bertz CT molecular complexity index is 743. The first-order valence-electron chi connectivity index (χ1n) is 8.36. The van der Waals surface area contributed by atoms with Crippen LogP contribution in [0.3, 0.4) is 0 Å². The molecule has 2 aromatic rings. The number of hydrogen-bond acceptors (Lipinski definition) is 3. The van der Waals surface area contributed by atoms with Crippen molar-refractivity contribution in [3.05, 3.63) is 65.7 Å². The van der Waals surface area contributed by atoms with Gasteiger partial charge in [-0.25, -0.2) is 4.39 Å². The van der Waals surface area contributed by atoms with Crippen molar-refractivity contribution in [2.24, 2.45) is 5.92 Å². The average molecular weight is 341 g/mol. The van der Waals surface area contributed by atoms with E-state index in [1.807, 2.05) is 4.90 Å². The second-order valence-corrected chi connectivity index (χ2v) is 6.20. The van der Waals surface area contributed by atoms with Crippen molar-refractivity contribution in [2.75, 3.05) is 19.6 Å². The molecule has 6 heteroatoms. The fourth-order valence-electron chi connectivity index (χ4n) is 2.98. The summed E-state index contributed by atoms with van der Waals surface area (Å²) >= 11 is 0. The minimum atomic E-state index is -0.421. The van der Waals surface area contributed by atoms with Crippen molar-refractivity contribution in [1.29, 1.82) is 0 Å². The lowest BCUT2D eigenvalue weighted by atomic mass is 9.96. The number of amides is 2. The Labute approximate surface area is 145 Å². The van der Waals surface area contributed by atoms with Crippen LogP contribution in [0.2, 0.25) is 0 Å². The number of piperidine rings is 1. The summed E-state index contributed by atoms with van der Waals surface area (Å²) in [6.07, 6.45) is 4.88. The van der Waals surface area contributed by atoms with Gasteiger partial charge in [0.1, 0.15) is 5.82 Å². The molecule has 1 aliphatic heterocycles. The van der Waals surface area contributed by atoms with Crippen molar-refractivity contribution >= 4 is 11.8 Å². The zero-order valence-corrected chi connectivity index (χ0v) is 13.8. The Hall–Kier alpha value is -2.76. The van der Waals surface area contributed by atoms with Crippen LogP contribution in [0.5, 0.6) is 0 Å². The molecule has 2 amide bonds. The quantitative estimate of drug-likeness (QED) is 0.929. The summed E-state index contributed by atoms with van der Waals surface area (Å²) in [5, 5.41) is 2.85. The Balaban J connectivity index is 1.46. The van der Waals surface area contributed by atoms with Gasteiger partial charge in [0.2, 0.25) is 0 Å². The maximum Gasteiger partial charge on any atom is 0.255 e. The second-order valence-electron chi connectivity index (χ2n) is 6.20. The SMILES string of the molecule is O=C(NCC1CCN(C(=O)c2cccnc2)CC1)c1cccc(F)c1. The lowest BCUT2D eigenvalue weighted by Gasteiger charge is -2.32. The van der Waals surface area contributed by atoms with Crippen LogP contribution in [-0.4, -0.2) is 41.3 Å². The van der Waals surface area contributed by atoms with Gasteiger partial charge in [-0.2, -0.15) is 0 Å². The Morgan fingerprint density at radius 3 is 2.60 bits per heavy atom. The Morgan fingerprint density at radius 1 is 1.16 bits per heavy atom. The average Bonchev–Trinajstić information content (AvgIpc) is 2.66. The summed E-state index contributed by atoms with van der Waals surface area (Å²) in [4.78, 5) is 30.2. The van der Waals surface area contributed by atoms with E-state index in [-0.39, 0.29) is 11.8 Å². The lowest BCUT2D eigenvalue weighted by Crippen LogP contribution is -2.41. The van der Waals surface area contributed by atoms with E-state index in [1.54, 1.807) is 30.6 Å².